The van der Waals surface area contributed by atoms with E-state index in [0.717, 1.165) is 0 Å². The molecule has 7 nitrogen and oxygen atoms in total. The highest BCUT2D eigenvalue weighted by Gasteiger charge is 2.30. The molecule has 122 valence electrons. The summed E-state index contributed by atoms with van der Waals surface area (Å²) in [5.74, 6) is -0.977. The van der Waals surface area contributed by atoms with Crippen molar-refractivity contribution < 1.29 is 29.3 Å². The van der Waals surface area contributed by atoms with Gasteiger partial charge in [-0.25, -0.2) is 9.59 Å². The Morgan fingerprint density at radius 1 is 1.27 bits per heavy atom. The molecule has 0 aliphatic carbocycles. The van der Waals surface area contributed by atoms with Crippen LogP contribution in [0.3, 0.4) is 0 Å². The van der Waals surface area contributed by atoms with E-state index in [-0.39, 0.29) is 0 Å². The van der Waals surface area contributed by atoms with Gasteiger partial charge in [0.15, 0.2) is 6.10 Å². The third-order valence-electron chi connectivity index (χ3n) is 2.69. The molecule has 22 heavy (non-hydrogen) atoms. The number of rotatable bonds is 5. The van der Waals surface area contributed by atoms with Crippen molar-refractivity contribution in [2.45, 2.75) is 38.5 Å². The largest absolute Gasteiger partial charge is 0.497 e. The van der Waals surface area contributed by atoms with Gasteiger partial charge in [-0.15, -0.1) is 0 Å². The second-order valence-electron chi connectivity index (χ2n) is 5.68. The van der Waals surface area contributed by atoms with Crippen LogP contribution in [0.4, 0.5) is 4.79 Å². The van der Waals surface area contributed by atoms with Gasteiger partial charge in [0.2, 0.25) is 0 Å². The van der Waals surface area contributed by atoms with Crippen molar-refractivity contribution in [1.82, 2.24) is 5.32 Å². The van der Waals surface area contributed by atoms with Crippen LogP contribution in [0.5, 0.6) is 5.75 Å². The predicted molar refractivity (Wildman–Crippen MR) is 78.7 cm³/mol. The zero-order chi connectivity index (χ0) is 16.9. The van der Waals surface area contributed by atoms with E-state index in [4.69, 9.17) is 14.6 Å². The molecule has 0 saturated heterocycles. The first-order valence-electron chi connectivity index (χ1n) is 6.68. The summed E-state index contributed by atoms with van der Waals surface area (Å²) in [6.07, 6.45) is -2.64. The van der Waals surface area contributed by atoms with Crippen LogP contribution in [-0.2, 0) is 9.53 Å². The van der Waals surface area contributed by atoms with Crippen molar-refractivity contribution in [2.75, 3.05) is 7.11 Å². The van der Waals surface area contributed by atoms with Crippen molar-refractivity contribution in [3.63, 3.8) is 0 Å². The Morgan fingerprint density at radius 2 is 1.91 bits per heavy atom. The predicted octanol–water partition coefficient (Wildman–Crippen LogP) is 1.71. The number of hydrogen-bond donors (Lipinski definition) is 3. The molecule has 1 rings (SSSR count). The molecule has 0 radical (unpaired) electrons. The van der Waals surface area contributed by atoms with Crippen LogP contribution in [0.25, 0.3) is 0 Å². The lowest BCUT2D eigenvalue weighted by atomic mass is 10.0. The number of carbonyl (C=O) groups excluding carboxylic acids is 1. The third-order valence-corrected chi connectivity index (χ3v) is 2.69. The number of ether oxygens (including phenoxy) is 2. The minimum Gasteiger partial charge on any atom is -0.497 e. The van der Waals surface area contributed by atoms with Gasteiger partial charge in [-0.3, -0.25) is 0 Å². The summed E-state index contributed by atoms with van der Waals surface area (Å²) in [4.78, 5) is 22.9. The highest BCUT2D eigenvalue weighted by Crippen LogP contribution is 2.23. The van der Waals surface area contributed by atoms with Gasteiger partial charge in [-0.2, -0.15) is 0 Å². The molecule has 3 N–H and O–H groups in total. The highest BCUT2D eigenvalue weighted by atomic mass is 16.6. The minimum atomic E-state index is -1.82. The summed E-state index contributed by atoms with van der Waals surface area (Å²) < 4.78 is 10.1. The first-order valence-corrected chi connectivity index (χ1v) is 6.68. The maximum Gasteiger partial charge on any atom is 0.408 e. The second-order valence-corrected chi connectivity index (χ2v) is 5.68. The summed E-state index contributed by atoms with van der Waals surface area (Å²) in [7, 11) is 1.46. The smallest absolute Gasteiger partial charge is 0.408 e. The van der Waals surface area contributed by atoms with E-state index in [1.807, 2.05) is 0 Å². The molecule has 0 fully saturated rings. The molecular weight excluding hydrogens is 290 g/mol. The van der Waals surface area contributed by atoms with Crippen LogP contribution in [0.15, 0.2) is 24.3 Å². The van der Waals surface area contributed by atoms with Crippen molar-refractivity contribution in [3.05, 3.63) is 29.8 Å². The molecule has 0 saturated carbocycles. The molecule has 0 aliphatic heterocycles. The Labute approximate surface area is 128 Å². The monoisotopic (exact) mass is 311 g/mol. The molecule has 1 aromatic carbocycles. The van der Waals surface area contributed by atoms with Gasteiger partial charge in [0, 0.05) is 0 Å². The van der Waals surface area contributed by atoms with Crippen molar-refractivity contribution >= 4 is 12.1 Å². The Balaban J connectivity index is 3.03. The van der Waals surface area contributed by atoms with Gasteiger partial charge >= 0.3 is 12.1 Å². The Hall–Kier alpha value is -2.28. The Morgan fingerprint density at radius 3 is 2.41 bits per heavy atom. The van der Waals surface area contributed by atoms with E-state index in [9.17, 15) is 14.7 Å². The number of aliphatic hydroxyl groups excluding tert-OH is 1. The molecule has 0 unspecified atom stereocenters. The van der Waals surface area contributed by atoms with E-state index < -0.39 is 29.8 Å². The normalized spacial score (nSPS) is 13.9. The number of aliphatic carboxylic acids is 1. The zero-order valence-electron chi connectivity index (χ0n) is 13.0. The summed E-state index contributed by atoms with van der Waals surface area (Å²) >= 11 is 0. The summed E-state index contributed by atoms with van der Waals surface area (Å²) in [6.45, 7) is 5.04. The number of carbonyl (C=O) groups is 2. The molecule has 7 heteroatoms. The molecule has 0 aromatic heterocycles. The number of carboxylic acid groups (broad SMARTS) is 1. The standard InChI is InChI=1S/C15H21NO6/c1-15(2,3)22-14(20)16-11(12(17)13(18)19)9-6-5-7-10(8-9)21-4/h5-8,11-12,17H,1-4H3,(H,16,20)(H,18,19)/t11-,12-/m1/s1. The summed E-state index contributed by atoms with van der Waals surface area (Å²) in [5.41, 5.74) is -0.350. The molecule has 0 bridgehead atoms. The van der Waals surface area contributed by atoms with Crippen LogP contribution in [-0.4, -0.2) is 41.1 Å². The van der Waals surface area contributed by atoms with Crippen LogP contribution < -0.4 is 10.1 Å². The number of methoxy groups -OCH3 is 1. The van der Waals surface area contributed by atoms with Gasteiger partial charge in [-0.1, -0.05) is 12.1 Å². The Kier molecular flexibility index (Phi) is 5.76. The molecule has 0 heterocycles. The maximum absolute atomic E-state index is 11.9. The van der Waals surface area contributed by atoms with Gasteiger partial charge < -0.3 is 25.0 Å². The number of amides is 1. The van der Waals surface area contributed by atoms with E-state index in [1.54, 1.807) is 39.0 Å². The molecule has 1 amide bonds. The fourth-order valence-electron chi connectivity index (χ4n) is 1.76. The SMILES string of the molecule is COc1cccc([C@@H](NC(=O)OC(C)(C)C)[C@@H](O)C(=O)O)c1. The molecule has 2 atom stereocenters. The van der Waals surface area contributed by atoms with Crippen LogP contribution in [0.2, 0.25) is 0 Å². The quantitative estimate of drug-likeness (QED) is 0.764. The average Bonchev–Trinajstić information content (AvgIpc) is 2.42. The lowest BCUT2D eigenvalue weighted by Gasteiger charge is -2.25. The van der Waals surface area contributed by atoms with Gasteiger partial charge in [0.25, 0.3) is 0 Å². The fraction of sp³-hybridized carbons (Fsp3) is 0.467. The number of alkyl carbamates (subject to hydrolysis) is 1. The molecule has 0 aliphatic rings. The lowest BCUT2D eigenvalue weighted by molar-refractivity contribution is -0.148. The van der Waals surface area contributed by atoms with E-state index in [1.165, 1.54) is 13.2 Å². The zero-order valence-corrected chi connectivity index (χ0v) is 13.0. The first kappa shape index (κ1) is 17.8. The van der Waals surface area contributed by atoms with Crippen molar-refractivity contribution in [1.29, 1.82) is 0 Å². The van der Waals surface area contributed by atoms with E-state index in [0.29, 0.717) is 11.3 Å². The lowest BCUT2D eigenvalue weighted by Crippen LogP contribution is -2.42. The second kappa shape index (κ2) is 7.13. The number of carboxylic acids is 1. The summed E-state index contributed by atoms with van der Waals surface area (Å²) in [5, 5.41) is 21.2. The minimum absolute atomic E-state index is 0.389. The van der Waals surface area contributed by atoms with Crippen molar-refractivity contribution in [2.24, 2.45) is 0 Å². The van der Waals surface area contributed by atoms with Gasteiger partial charge in [-0.05, 0) is 38.5 Å². The number of benzene rings is 1. The number of nitrogens with one attached hydrogen (secondary N) is 1. The average molecular weight is 311 g/mol. The van der Waals surface area contributed by atoms with Crippen LogP contribution >= 0.6 is 0 Å². The number of aliphatic hydroxyl groups is 1. The highest BCUT2D eigenvalue weighted by molar-refractivity contribution is 5.76. The molecule has 0 spiro atoms. The molecular formula is C15H21NO6. The van der Waals surface area contributed by atoms with Crippen molar-refractivity contribution in [3.8, 4) is 5.75 Å². The van der Waals surface area contributed by atoms with E-state index in [2.05, 4.69) is 5.32 Å². The van der Waals surface area contributed by atoms with Crippen LogP contribution in [0.1, 0.15) is 32.4 Å². The first-order chi connectivity index (χ1) is 10.1. The Bertz CT molecular complexity index is 537. The fourth-order valence-corrected chi connectivity index (χ4v) is 1.76. The van der Waals surface area contributed by atoms with Crippen LogP contribution in [0, 0.1) is 0 Å². The summed E-state index contributed by atoms with van der Waals surface area (Å²) in [6, 6.07) is 5.25. The number of hydrogen-bond acceptors (Lipinski definition) is 5. The van der Waals surface area contributed by atoms with Gasteiger partial charge in [0.05, 0.1) is 13.2 Å². The van der Waals surface area contributed by atoms with Gasteiger partial charge in [0.1, 0.15) is 11.4 Å². The van der Waals surface area contributed by atoms with E-state index >= 15 is 0 Å². The third kappa shape index (κ3) is 5.25. The molecule has 1 aromatic rings. The maximum atomic E-state index is 11.9. The topological polar surface area (TPSA) is 105 Å².